The van der Waals surface area contributed by atoms with E-state index in [-0.39, 0.29) is 5.97 Å². The SMILES string of the molecule is CCOC(=O)CCOCCOCCO[Si](C)(C)C. The van der Waals surface area contributed by atoms with E-state index in [2.05, 4.69) is 19.6 Å². The molecule has 5 nitrogen and oxygen atoms in total. The first-order valence-electron chi connectivity index (χ1n) is 6.41. The molecule has 0 aromatic carbocycles. The molecule has 0 aliphatic carbocycles. The third kappa shape index (κ3) is 13.6. The molecule has 0 aliphatic heterocycles. The van der Waals surface area contributed by atoms with E-state index in [0.717, 1.165) is 0 Å². The van der Waals surface area contributed by atoms with Gasteiger partial charge in [0.05, 0.1) is 46.1 Å². The molecule has 0 heterocycles. The summed E-state index contributed by atoms with van der Waals surface area (Å²) in [5, 5.41) is 0. The average molecular weight is 278 g/mol. The first kappa shape index (κ1) is 17.6. The molecule has 0 N–H and O–H groups in total. The number of ether oxygens (including phenoxy) is 3. The summed E-state index contributed by atoms with van der Waals surface area (Å²) in [7, 11) is -1.42. The number of esters is 1. The third-order valence-corrected chi connectivity index (χ3v) is 2.96. The molecule has 6 heteroatoms. The molecular formula is C12H26O5Si. The molecule has 0 saturated carbocycles. The average Bonchev–Trinajstić information content (AvgIpc) is 2.25. The van der Waals surface area contributed by atoms with Crippen molar-refractivity contribution in [1.29, 1.82) is 0 Å². The zero-order valence-electron chi connectivity index (χ0n) is 12.0. The molecule has 18 heavy (non-hydrogen) atoms. The largest absolute Gasteiger partial charge is 0.466 e. The van der Waals surface area contributed by atoms with Crippen LogP contribution in [-0.2, 0) is 23.4 Å². The van der Waals surface area contributed by atoms with Gasteiger partial charge in [0, 0.05) is 0 Å². The molecular weight excluding hydrogens is 252 g/mol. The highest BCUT2D eigenvalue weighted by Crippen LogP contribution is 2.01. The Morgan fingerprint density at radius 3 is 2.06 bits per heavy atom. The van der Waals surface area contributed by atoms with Gasteiger partial charge in [0.2, 0.25) is 0 Å². The molecule has 0 aliphatic rings. The second-order valence-corrected chi connectivity index (χ2v) is 9.25. The third-order valence-electron chi connectivity index (χ3n) is 1.89. The van der Waals surface area contributed by atoms with Crippen molar-refractivity contribution in [3.63, 3.8) is 0 Å². The maximum Gasteiger partial charge on any atom is 0.308 e. The Kier molecular flexibility index (Phi) is 10.2. The van der Waals surface area contributed by atoms with Gasteiger partial charge in [0.15, 0.2) is 8.32 Å². The van der Waals surface area contributed by atoms with Crippen LogP contribution >= 0.6 is 0 Å². The van der Waals surface area contributed by atoms with Crippen LogP contribution in [0.4, 0.5) is 0 Å². The fourth-order valence-electron chi connectivity index (χ4n) is 1.12. The second-order valence-electron chi connectivity index (χ2n) is 4.74. The highest BCUT2D eigenvalue weighted by Gasteiger charge is 2.12. The smallest absolute Gasteiger partial charge is 0.308 e. The Morgan fingerprint density at radius 1 is 0.944 bits per heavy atom. The summed E-state index contributed by atoms with van der Waals surface area (Å²) in [6, 6.07) is 0. The predicted molar refractivity (Wildman–Crippen MR) is 72.2 cm³/mol. The van der Waals surface area contributed by atoms with Gasteiger partial charge in [0.1, 0.15) is 0 Å². The molecule has 0 atom stereocenters. The Hall–Kier alpha value is -0.433. The minimum absolute atomic E-state index is 0.220. The summed E-state index contributed by atoms with van der Waals surface area (Å²) in [4.78, 5) is 11.0. The Morgan fingerprint density at radius 2 is 1.50 bits per heavy atom. The lowest BCUT2D eigenvalue weighted by Gasteiger charge is -2.16. The number of rotatable bonds is 11. The fourth-order valence-corrected chi connectivity index (χ4v) is 1.81. The second kappa shape index (κ2) is 10.5. The van der Waals surface area contributed by atoms with Crippen LogP contribution in [0, 0.1) is 0 Å². The zero-order valence-corrected chi connectivity index (χ0v) is 13.0. The summed E-state index contributed by atoms with van der Waals surface area (Å²) in [6.07, 6.45) is 0.298. The van der Waals surface area contributed by atoms with Gasteiger partial charge >= 0.3 is 5.97 Å². The summed E-state index contributed by atoms with van der Waals surface area (Å²) in [6.45, 7) is 11.3. The molecule has 0 rings (SSSR count). The van der Waals surface area contributed by atoms with Crippen LogP contribution in [0.15, 0.2) is 0 Å². The molecule has 108 valence electrons. The normalized spacial score (nSPS) is 11.6. The topological polar surface area (TPSA) is 54.0 Å². The van der Waals surface area contributed by atoms with Crippen LogP contribution in [-0.4, -0.2) is 53.9 Å². The number of hydrogen-bond acceptors (Lipinski definition) is 5. The van der Waals surface area contributed by atoms with Crippen molar-refractivity contribution >= 4 is 14.3 Å². The molecule has 0 aromatic heterocycles. The Labute approximate surface area is 111 Å². The summed E-state index contributed by atoms with van der Waals surface area (Å²) in [5.74, 6) is -0.220. The molecule has 0 bridgehead atoms. The molecule has 0 radical (unpaired) electrons. The number of carbonyl (C=O) groups excluding carboxylic acids is 1. The lowest BCUT2D eigenvalue weighted by atomic mass is 10.5. The van der Waals surface area contributed by atoms with Crippen molar-refractivity contribution in [1.82, 2.24) is 0 Å². The van der Waals surface area contributed by atoms with E-state index in [0.29, 0.717) is 46.1 Å². The number of hydrogen-bond donors (Lipinski definition) is 0. The van der Waals surface area contributed by atoms with Crippen molar-refractivity contribution in [2.75, 3.05) is 39.6 Å². The van der Waals surface area contributed by atoms with E-state index >= 15 is 0 Å². The standard InChI is InChI=1S/C12H26O5Si/c1-5-16-12(13)6-7-14-8-9-15-10-11-17-18(2,3)4/h5-11H2,1-4H3. The van der Waals surface area contributed by atoms with Gasteiger partial charge in [-0.3, -0.25) is 4.79 Å². The molecule has 0 fully saturated rings. The minimum atomic E-state index is -1.42. The quantitative estimate of drug-likeness (QED) is 0.328. The van der Waals surface area contributed by atoms with Gasteiger partial charge in [0.25, 0.3) is 0 Å². The summed E-state index contributed by atoms with van der Waals surface area (Å²) >= 11 is 0. The van der Waals surface area contributed by atoms with Crippen molar-refractivity contribution in [3.8, 4) is 0 Å². The maximum absolute atomic E-state index is 11.0. The van der Waals surface area contributed by atoms with Crippen molar-refractivity contribution in [2.24, 2.45) is 0 Å². The lowest BCUT2D eigenvalue weighted by molar-refractivity contribution is -0.144. The minimum Gasteiger partial charge on any atom is -0.466 e. The van der Waals surface area contributed by atoms with Crippen LogP contribution < -0.4 is 0 Å². The van der Waals surface area contributed by atoms with E-state index < -0.39 is 8.32 Å². The van der Waals surface area contributed by atoms with Crippen molar-refractivity contribution in [3.05, 3.63) is 0 Å². The first-order chi connectivity index (χ1) is 8.45. The Bertz CT molecular complexity index is 215. The van der Waals surface area contributed by atoms with Gasteiger partial charge < -0.3 is 18.6 Å². The van der Waals surface area contributed by atoms with E-state index in [9.17, 15) is 4.79 Å². The van der Waals surface area contributed by atoms with Gasteiger partial charge in [-0.05, 0) is 26.6 Å². The molecule has 0 aromatic rings. The van der Waals surface area contributed by atoms with Crippen molar-refractivity contribution in [2.45, 2.75) is 33.0 Å². The van der Waals surface area contributed by atoms with Gasteiger partial charge in [-0.1, -0.05) is 0 Å². The van der Waals surface area contributed by atoms with Crippen LogP contribution in [0.1, 0.15) is 13.3 Å². The maximum atomic E-state index is 11.0. The molecule has 0 saturated heterocycles. The van der Waals surface area contributed by atoms with Crippen LogP contribution in [0.5, 0.6) is 0 Å². The first-order valence-corrected chi connectivity index (χ1v) is 9.81. The summed E-state index contributed by atoms with van der Waals surface area (Å²) in [5.41, 5.74) is 0. The summed E-state index contributed by atoms with van der Waals surface area (Å²) < 4.78 is 21.0. The van der Waals surface area contributed by atoms with E-state index in [1.165, 1.54) is 0 Å². The molecule has 0 unspecified atom stereocenters. The molecule has 0 spiro atoms. The predicted octanol–water partition coefficient (Wildman–Crippen LogP) is 1.82. The lowest BCUT2D eigenvalue weighted by Crippen LogP contribution is -2.27. The zero-order chi connectivity index (χ0) is 13.9. The highest BCUT2D eigenvalue weighted by molar-refractivity contribution is 6.69. The highest BCUT2D eigenvalue weighted by atomic mass is 28.4. The monoisotopic (exact) mass is 278 g/mol. The van der Waals surface area contributed by atoms with Gasteiger partial charge in [-0.2, -0.15) is 0 Å². The van der Waals surface area contributed by atoms with Crippen LogP contribution in [0.2, 0.25) is 19.6 Å². The van der Waals surface area contributed by atoms with E-state index in [1.54, 1.807) is 6.92 Å². The van der Waals surface area contributed by atoms with E-state index in [4.69, 9.17) is 18.6 Å². The van der Waals surface area contributed by atoms with Crippen molar-refractivity contribution < 1.29 is 23.4 Å². The van der Waals surface area contributed by atoms with Gasteiger partial charge in [-0.15, -0.1) is 0 Å². The number of carbonyl (C=O) groups is 1. The van der Waals surface area contributed by atoms with E-state index in [1.807, 2.05) is 0 Å². The molecule has 0 amide bonds. The Balaban J connectivity index is 3.15. The van der Waals surface area contributed by atoms with Gasteiger partial charge in [-0.25, -0.2) is 0 Å². The van der Waals surface area contributed by atoms with Crippen LogP contribution in [0.25, 0.3) is 0 Å². The fraction of sp³-hybridized carbons (Fsp3) is 0.917. The van der Waals surface area contributed by atoms with Crippen LogP contribution in [0.3, 0.4) is 0 Å².